The van der Waals surface area contributed by atoms with Crippen molar-refractivity contribution < 1.29 is 27.9 Å². The largest absolute Gasteiger partial charge is 0.392 e. The number of aliphatic hydroxyl groups is 1. The van der Waals surface area contributed by atoms with Crippen LogP contribution in [-0.2, 0) is 26.1 Å². The number of benzene rings is 4. The summed E-state index contributed by atoms with van der Waals surface area (Å²) in [5.41, 5.74) is 4.05. The Morgan fingerprint density at radius 1 is 0.851 bits per heavy atom. The first-order valence-corrected chi connectivity index (χ1v) is 17.1. The van der Waals surface area contributed by atoms with E-state index in [4.69, 9.17) is 9.47 Å². The van der Waals surface area contributed by atoms with Gasteiger partial charge in [-0.2, -0.15) is 0 Å². The number of non-ortho nitro benzene ring substituents is 1. The van der Waals surface area contributed by atoms with Gasteiger partial charge < -0.3 is 19.5 Å². The van der Waals surface area contributed by atoms with Crippen LogP contribution < -0.4 is 9.62 Å². The van der Waals surface area contributed by atoms with E-state index in [1.54, 1.807) is 54.6 Å². The quantitative estimate of drug-likeness (QED) is 0.167. The van der Waals surface area contributed by atoms with Crippen LogP contribution in [0.15, 0.2) is 108 Å². The molecule has 4 aromatic rings. The topological polar surface area (TPSA) is 134 Å². The van der Waals surface area contributed by atoms with Crippen LogP contribution in [0.2, 0.25) is 0 Å². The van der Waals surface area contributed by atoms with Gasteiger partial charge in [-0.05, 0) is 47.5 Å². The highest BCUT2D eigenvalue weighted by molar-refractivity contribution is 7.92. The fourth-order valence-electron chi connectivity index (χ4n) is 6.08. The first-order chi connectivity index (χ1) is 22.7. The molecule has 12 heteroatoms. The van der Waals surface area contributed by atoms with Crippen molar-refractivity contribution in [3.63, 3.8) is 0 Å². The summed E-state index contributed by atoms with van der Waals surface area (Å²) in [6, 6.07) is 29.7. The number of hydrogen-bond donors (Lipinski definition) is 2. The zero-order valence-corrected chi connectivity index (χ0v) is 26.8. The number of nitrogens with zero attached hydrogens (tertiary/aromatic N) is 3. The van der Waals surface area contributed by atoms with Gasteiger partial charge in [0.1, 0.15) is 0 Å². The highest BCUT2D eigenvalue weighted by Crippen LogP contribution is 2.42. The molecule has 0 unspecified atom stereocenters. The number of nitrogens with one attached hydrogen (secondary N) is 1. The minimum absolute atomic E-state index is 0.0101. The number of nitro groups is 1. The Balaban J connectivity index is 1.16. The Labute approximate surface area is 274 Å². The van der Waals surface area contributed by atoms with Gasteiger partial charge >= 0.3 is 0 Å². The number of ether oxygens (including phenoxy) is 2. The average molecular weight is 659 g/mol. The van der Waals surface area contributed by atoms with Crippen molar-refractivity contribution in [2.75, 3.05) is 42.3 Å². The number of rotatable bonds is 10. The predicted octanol–water partition coefficient (Wildman–Crippen LogP) is 5.50. The molecule has 246 valence electrons. The zero-order valence-electron chi connectivity index (χ0n) is 26.0. The van der Waals surface area contributed by atoms with E-state index >= 15 is 0 Å². The summed E-state index contributed by atoms with van der Waals surface area (Å²) in [6.07, 6.45) is -1.12. The normalized spacial score (nSPS) is 22.1. The molecule has 2 saturated heterocycles. The summed E-state index contributed by atoms with van der Waals surface area (Å²) < 4.78 is 41.5. The second kappa shape index (κ2) is 14.2. The summed E-state index contributed by atoms with van der Waals surface area (Å²) in [4.78, 5) is 15.4. The van der Waals surface area contributed by atoms with Gasteiger partial charge in [-0.25, -0.2) is 8.42 Å². The lowest BCUT2D eigenvalue weighted by Crippen LogP contribution is -2.51. The van der Waals surface area contributed by atoms with Crippen LogP contribution in [0.5, 0.6) is 0 Å². The molecule has 0 radical (unpaired) electrons. The maximum absolute atomic E-state index is 12.8. The molecule has 0 saturated carbocycles. The van der Waals surface area contributed by atoms with Crippen LogP contribution in [0.3, 0.4) is 0 Å². The molecule has 0 amide bonds. The number of aliphatic hydroxyl groups excluding tert-OH is 1. The van der Waals surface area contributed by atoms with Crippen molar-refractivity contribution in [3.8, 4) is 0 Å². The predicted molar refractivity (Wildman–Crippen MR) is 178 cm³/mol. The molecule has 47 heavy (non-hydrogen) atoms. The van der Waals surface area contributed by atoms with Crippen LogP contribution in [0.1, 0.15) is 36.0 Å². The minimum Gasteiger partial charge on any atom is -0.392 e. The fraction of sp³-hybridized carbons (Fsp3) is 0.314. The lowest BCUT2D eigenvalue weighted by atomic mass is 9.90. The van der Waals surface area contributed by atoms with Crippen LogP contribution in [0.25, 0.3) is 0 Å². The number of hydrogen-bond acceptors (Lipinski definition) is 9. The van der Waals surface area contributed by atoms with Crippen LogP contribution in [0, 0.1) is 16.0 Å². The molecular weight excluding hydrogens is 620 g/mol. The van der Waals surface area contributed by atoms with Crippen LogP contribution in [-0.4, -0.2) is 62.2 Å². The SMILES string of the molecule is C[C@@H]1[C@H](CN2CCN(c3ccc([N+](=O)[O-])cc3)CC2)O[C@H](c2ccc(NS(=O)(=O)c3ccccc3)cc2)O[C@@H]1c1ccc(CO)cc1. The molecule has 6 rings (SSSR count). The van der Waals surface area contributed by atoms with Gasteiger partial charge in [0, 0.05) is 67.7 Å². The maximum Gasteiger partial charge on any atom is 0.269 e. The van der Waals surface area contributed by atoms with Gasteiger partial charge in [0.25, 0.3) is 15.7 Å². The molecule has 0 aliphatic carbocycles. The van der Waals surface area contributed by atoms with E-state index in [1.165, 1.54) is 12.1 Å². The van der Waals surface area contributed by atoms with Crippen LogP contribution >= 0.6 is 0 Å². The summed E-state index contributed by atoms with van der Waals surface area (Å²) in [5.74, 6) is 0.0101. The Bertz CT molecular complexity index is 1750. The number of anilines is 2. The van der Waals surface area contributed by atoms with Crippen molar-refractivity contribution in [1.29, 1.82) is 0 Å². The second-order valence-corrected chi connectivity index (χ2v) is 13.6. The third-order valence-electron chi connectivity index (χ3n) is 8.85. The molecule has 4 aromatic carbocycles. The van der Waals surface area contributed by atoms with Gasteiger partial charge in [-0.1, -0.05) is 61.5 Å². The summed E-state index contributed by atoms with van der Waals surface area (Å²) in [7, 11) is -3.73. The van der Waals surface area contributed by atoms with Gasteiger partial charge in [-0.15, -0.1) is 0 Å². The summed E-state index contributed by atoms with van der Waals surface area (Å²) in [5, 5.41) is 20.6. The molecule has 2 fully saturated rings. The van der Waals surface area contributed by atoms with E-state index in [0.29, 0.717) is 12.2 Å². The third-order valence-corrected chi connectivity index (χ3v) is 10.2. The molecule has 2 heterocycles. The molecule has 0 aromatic heterocycles. The molecule has 2 aliphatic heterocycles. The maximum atomic E-state index is 12.8. The Kier molecular flexibility index (Phi) is 9.85. The first kappa shape index (κ1) is 32.6. The molecular formula is C35H38N4O7S. The van der Waals surface area contributed by atoms with Gasteiger partial charge in [-0.3, -0.25) is 19.7 Å². The van der Waals surface area contributed by atoms with E-state index in [0.717, 1.165) is 48.6 Å². The number of nitro benzene ring substituents is 1. The Morgan fingerprint density at radius 2 is 1.49 bits per heavy atom. The van der Waals surface area contributed by atoms with Crippen LogP contribution in [0.4, 0.5) is 17.1 Å². The molecule has 2 aliphatic rings. The molecule has 0 bridgehead atoms. The molecule has 0 spiro atoms. The van der Waals surface area contributed by atoms with Gasteiger partial charge in [0.15, 0.2) is 6.29 Å². The number of sulfonamides is 1. The minimum atomic E-state index is -3.73. The molecule has 11 nitrogen and oxygen atoms in total. The first-order valence-electron chi connectivity index (χ1n) is 15.6. The fourth-order valence-corrected chi connectivity index (χ4v) is 7.16. The smallest absolute Gasteiger partial charge is 0.269 e. The van der Waals surface area contributed by atoms with E-state index in [2.05, 4.69) is 21.4 Å². The number of piperazine rings is 1. The van der Waals surface area contributed by atoms with Crippen molar-refractivity contribution in [2.45, 2.75) is 36.9 Å². The highest BCUT2D eigenvalue weighted by Gasteiger charge is 2.39. The van der Waals surface area contributed by atoms with E-state index in [1.807, 2.05) is 36.4 Å². The monoisotopic (exact) mass is 658 g/mol. The van der Waals surface area contributed by atoms with Crippen molar-refractivity contribution in [3.05, 3.63) is 130 Å². The molecule has 2 N–H and O–H groups in total. The lowest BCUT2D eigenvalue weighted by molar-refractivity contribution is -0.384. The second-order valence-electron chi connectivity index (χ2n) is 11.9. The van der Waals surface area contributed by atoms with E-state index in [-0.39, 0.29) is 40.2 Å². The third kappa shape index (κ3) is 7.64. The lowest BCUT2D eigenvalue weighted by Gasteiger charge is -2.44. The summed E-state index contributed by atoms with van der Waals surface area (Å²) in [6.45, 7) is 5.95. The van der Waals surface area contributed by atoms with Crippen molar-refractivity contribution in [2.24, 2.45) is 5.92 Å². The van der Waals surface area contributed by atoms with E-state index in [9.17, 15) is 23.6 Å². The van der Waals surface area contributed by atoms with Crippen molar-refractivity contribution in [1.82, 2.24) is 4.90 Å². The highest BCUT2D eigenvalue weighted by atomic mass is 32.2. The van der Waals surface area contributed by atoms with Gasteiger partial charge in [0.05, 0.1) is 28.6 Å². The van der Waals surface area contributed by atoms with E-state index < -0.39 is 16.3 Å². The Hall–Kier alpha value is -4.33. The standard InChI is InChI=1S/C35H38N4O7S/c1-25-33(23-37-19-21-38(22-20-37)30-15-17-31(18-16-30)39(41)42)45-35(46-34(25)27-9-7-26(24-40)8-10-27)28-11-13-29(14-12-28)36-47(43,44)32-5-3-2-4-6-32/h2-18,25,33-36,40H,19-24H2,1H3/t25-,33+,34+,35+/m1/s1. The summed E-state index contributed by atoms with van der Waals surface area (Å²) >= 11 is 0. The molecule has 4 atom stereocenters. The van der Waals surface area contributed by atoms with Gasteiger partial charge in [0.2, 0.25) is 0 Å². The average Bonchev–Trinajstić information content (AvgIpc) is 3.10. The Morgan fingerprint density at radius 3 is 2.11 bits per heavy atom. The van der Waals surface area contributed by atoms with Crippen molar-refractivity contribution >= 4 is 27.1 Å². The zero-order chi connectivity index (χ0) is 33.0.